The third-order valence-electron chi connectivity index (χ3n) is 7.02. The summed E-state index contributed by atoms with van der Waals surface area (Å²) in [6, 6.07) is 29.3. The highest BCUT2D eigenvalue weighted by molar-refractivity contribution is 6.10. The summed E-state index contributed by atoms with van der Waals surface area (Å²) < 4.78 is 0. The molecule has 2 unspecified atom stereocenters. The van der Waals surface area contributed by atoms with Gasteiger partial charge in [-0.3, -0.25) is 19.9 Å². The van der Waals surface area contributed by atoms with Gasteiger partial charge in [-0.1, -0.05) is 91.0 Å². The summed E-state index contributed by atoms with van der Waals surface area (Å²) in [6.07, 6.45) is 2.35. The van der Waals surface area contributed by atoms with Crippen molar-refractivity contribution >= 4 is 17.8 Å². The third-order valence-corrected chi connectivity index (χ3v) is 7.02. The van der Waals surface area contributed by atoms with E-state index in [9.17, 15) is 9.59 Å². The van der Waals surface area contributed by atoms with Crippen LogP contribution in [0.5, 0.6) is 0 Å². The summed E-state index contributed by atoms with van der Waals surface area (Å²) in [4.78, 5) is 27.7. The van der Waals surface area contributed by atoms with E-state index in [1.54, 1.807) is 0 Å². The molecule has 1 aliphatic heterocycles. The first-order valence-corrected chi connectivity index (χ1v) is 12.2. The molecule has 1 heterocycles. The summed E-state index contributed by atoms with van der Waals surface area (Å²) in [5.41, 5.74) is 1.75. The Morgan fingerprint density at radius 3 is 2.09 bits per heavy atom. The molecule has 3 N–H and O–H groups in total. The molecule has 0 bridgehead atoms. The predicted octanol–water partition coefficient (Wildman–Crippen LogP) is 4.00. The fourth-order valence-electron chi connectivity index (χ4n) is 5.04. The Bertz CT molecular complexity index is 1160. The van der Waals surface area contributed by atoms with Gasteiger partial charge in [-0.25, -0.2) is 0 Å². The van der Waals surface area contributed by atoms with Crippen molar-refractivity contribution in [1.29, 1.82) is 5.41 Å². The van der Waals surface area contributed by atoms with Gasteiger partial charge in [0.1, 0.15) is 0 Å². The van der Waals surface area contributed by atoms with E-state index in [0.717, 1.165) is 24.0 Å². The molecule has 1 saturated carbocycles. The molecule has 2 atom stereocenters. The molecule has 0 aromatic heterocycles. The average molecular weight is 467 g/mol. The lowest BCUT2D eigenvalue weighted by molar-refractivity contribution is -0.130. The van der Waals surface area contributed by atoms with Gasteiger partial charge in [-0.15, -0.1) is 0 Å². The maximum absolute atomic E-state index is 13.7. The van der Waals surface area contributed by atoms with Gasteiger partial charge in [0.2, 0.25) is 5.91 Å². The van der Waals surface area contributed by atoms with Gasteiger partial charge in [0.25, 0.3) is 5.91 Å². The predicted molar refractivity (Wildman–Crippen MR) is 136 cm³/mol. The highest BCUT2D eigenvalue weighted by atomic mass is 16.2. The number of benzene rings is 3. The Hall–Kier alpha value is -3.93. The number of guanidine groups is 1. The molecule has 1 aliphatic carbocycles. The van der Waals surface area contributed by atoms with Crippen LogP contribution in [-0.2, 0) is 15.1 Å². The first kappa shape index (κ1) is 22.8. The van der Waals surface area contributed by atoms with Crippen molar-refractivity contribution in [1.82, 2.24) is 15.5 Å². The SMILES string of the molecule is N=C1NC(c2ccccc2)(c2ccccc2)C(=O)N1CCCCNC(=O)C1CC1c1ccccc1. The monoisotopic (exact) mass is 466 g/mol. The Kier molecular flexibility index (Phi) is 6.36. The minimum atomic E-state index is -1.10. The molecule has 6 nitrogen and oxygen atoms in total. The van der Waals surface area contributed by atoms with Crippen molar-refractivity contribution in [3.63, 3.8) is 0 Å². The molecule has 2 fully saturated rings. The summed E-state index contributed by atoms with van der Waals surface area (Å²) in [5.74, 6) is 0.460. The highest BCUT2D eigenvalue weighted by Crippen LogP contribution is 2.47. The van der Waals surface area contributed by atoms with E-state index in [0.29, 0.717) is 25.4 Å². The zero-order chi connectivity index (χ0) is 24.3. The Morgan fingerprint density at radius 2 is 1.49 bits per heavy atom. The first-order chi connectivity index (χ1) is 17.1. The molecule has 178 valence electrons. The molecule has 2 amide bonds. The molecule has 2 aliphatic rings. The summed E-state index contributed by atoms with van der Waals surface area (Å²) in [5, 5.41) is 14.8. The van der Waals surface area contributed by atoms with Crippen LogP contribution in [0.15, 0.2) is 91.0 Å². The molecule has 0 spiro atoms. The molecule has 1 saturated heterocycles. The lowest BCUT2D eigenvalue weighted by atomic mass is 9.82. The fraction of sp³-hybridized carbons (Fsp3) is 0.276. The Labute approximate surface area is 205 Å². The number of rotatable bonds is 9. The zero-order valence-electron chi connectivity index (χ0n) is 19.6. The summed E-state index contributed by atoms with van der Waals surface area (Å²) >= 11 is 0. The lowest BCUT2D eigenvalue weighted by Crippen LogP contribution is -2.45. The topological polar surface area (TPSA) is 85.3 Å². The smallest absolute Gasteiger partial charge is 0.264 e. The van der Waals surface area contributed by atoms with Gasteiger partial charge in [0.05, 0.1) is 0 Å². The minimum absolute atomic E-state index is 0.0623. The van der Waals surface area contributed by atoms with E-state index in [2.05, 4.69) is 22.8 Å². The minimum Gasteiger partial charge on any atom is -0.356 e. The van der Waals surface area contributed by atoms with Crippen LogP contribution >= 0.6 is 0 Å². The second-order valence-corrected chi connectivity index (χ2v) is 9.27. The number of nitrogens with one attached hydrogen (secondary N) is 3. The molecule has 3 aromatic carbocycles. The molecular weight excluding hydrogens is 436 g/mol. The molecular formula is C29H30N4O2. The van der Waals surface area contributed by atoms with Crippen LogP contribution in [0, 0.1) is 11.3 Å². The largest absolute Gasteiger partial charge is 0.356 e. The number of hydrogen-bond donors (Lipinski definition) is 3. The van der Waals surface area contributed by atoms with Crippen molar-refractivity contribution in [2.24, 2.45) is 5.92 Å². The lowest BCUT2D eigenvalue weighted by Gasteiger charge is -2.28. The standard InChI is InChI=1S/C29H30N4O2/c30-28-32-29(22-14-6-2-7-15-22,23-16-8-3-9-17-23)27(35)33(28)19-11-10-18-31-26(34)25-20-24(25)21-12-4-1-5-13-21/h1-9,12-17,24-25H,10-11,18-20H2,(H2,30,32)(H,31,34). The van der Waals surface area contributed by atoms with E-state index < -0.39 is 5.54 Å². The fourth-order valence-corrected chi connectivity index (χ4v) is 5.04. The summed E-state index contributed by atoms with van der Waals surface area (Å²) in [6.45, 7) is 1.00. The number of hydrogen-bond acceptors (Lipinski definition) is 3. The van der Waals surface area contributed by atoms with Gasteiger partial charge >= 0.3 is 0 Å². The van der Waals surface area contributed by atoms with Gasteiger partial charge in [-0.05, 0) is 41.9 Å². The number of unbranched alkanes of at least 4 members (excludes halogenated alkanes) is 1. The van der Waals surface area contributed by atoms with E-state index in [4.69, 9.17) is 5.41 Å². The number of carbonyl (C=O) groups excluding carboxylic acids is 2. The van der Waals surface area contributed by atoms with Crippen LogP contribution in [0.2, 0.25) is 0 Å². The van der Waals surface area contributed by atoms with Gasteiger partial charge in [-0.2, -0.15) is 0 Å². The maximum atomic E-state index is 13.7. The summed E-state index contributed by atoms with van der Waals surface area (Å²) in [7, 11) is 0. The zero-order valence-corrected chi connectivity index (χ0v) is 19.6. The van der Waals surface area contributed by atoms with Crippen LogP contribution in [0.3, 0.4) is 0 Å². The van der Waals surface area contributed by atoms with E-state index in [1.807, 2.05) is 78.9 Å². The van der Waals surface area contributed by atoms with E-state index in [1.165, 1.54) is 10.5 Å². The quantitative estimate of drug-likeness (QED) is 0.417. The first-order valence-electron chi connectivity index (χ1n) is 12.2. The molecule has 3 aromatic rings. The van der Waals surface area contributed by atoms with E-state index >= 15 is 0 Å². The number of amides is 2. The van der Waals surface area contributed by atoms with Crippen molar-refractivity contribution in [2.45, 2.75) is 30.7 Å². The second-order valence-electron chi connectivity index (χ2n) is 9.27. The van der Waals surface area contributed by atoms with Crippen molar-refractivity contribution in [2.75, 3.05) is 13.1 Å². The molecule has 0 radical (unpaired) electrons. The van der Waals surface area contributed by atoms with Crippen LogP contribution in [-0.4, -0.2) is 35.8 Å². The van der Waals surface area contributed by atoms with Gasteiger partial charge in [0, 0.05) is 19.0 Å². The highest BCUT2D eigenvalue weighted by Gasteiger charge is 2.51. The number of nitrogens with zero attached hydrogens (tertiary/aromatic N) is 1. The van der Waals surface area contributed by atoms with Crippen molar-refractivity contribution in [3.8, 4) is 0 Å². The van der Waals surface area contributed by atoms with E-state index in [-0.39, 0.29) is 23.7 Å². The molecule has 35 heavy (non-hydrogen) atoms. The Balaban J connectivity index is 1.17. The van der Waals surface area contributed by atoms with Crippen molar-refractivity contribution in [3.05, 3.63) is 108 Å². The van der Waals surface area contributed by atoms with Crippen LogP contribution < -0.4 is 10.6 Å². The van der Waals surface area contributed by atoms with Gasteiger partial charge in [0.15, 0.2) is 11.5 Å². The average Bonchev–Trinajstić information content (AvgIpc) is 3.67. The normalized spacial score (nSPS) is 20.4. The van der Waals surface area contributed by atoms with Crippen LogP contribution in [0.25, 0.3) is 0 Å². The molecule has 5 rings (SSSR count). The maximum Gasteiger partial charge on any atom is 0.264 e. The van der Waals surface area contributed by atoms with Crippen molar-refractivity contribution < 1.29 is 9.59 Å². The number of carbonyl (C=O) groups is 2. The van der Waals surface area contributed by atoms with Gasteiger partial charge < -0.3 is 10.6 Å². The molecule has 6 heteroatoms. The van der Waals surface area contributed by atoms with Crippen LogP contribution in [0.4, 0.5) is 0 Å². The second kappa shape index (κ2) is 9.74. The van der Waals surface area contributed by atoms with Crippen LogP contribution in [0.1, 0.15) is 41.9 Å². The third kappa shape index (κ3) is 4.44. The Morgan fingerprint density at radius 1 is 0.914 bits per heavy atom.